The summed E-state index contributed by atoms with van der Waals surface area (Å²) in [4.78, 5) is 36.1. The van der Waals surface area contributed by atoms with Crippen LogP contribution in [0.1, 0.15) is 0 Å². The Hall–Kier alpha value is 1.28. The standard InChI is InChI=1S/CH5ClO6P2.Pt/c2-1(9(3,4)5)10(6,7)8;/h1H,(H2,3,4,5)(H2,6,7,8);/q;+4/p-4. The molecule has 0 heterocycles. The van der Waals surface area contributed by atoms with Gasteiger partial charge in [0.1, 0.15) is 0 Å². The number of hydrogen-bond donors (Lipinski definition) is 0. The van der Waals surface area contributed by atoms with Gasteiger partial charge in [0.05, 0.1) is 4.86 Å². The van der Waals surface area contributed by atoms with Crippen molar-refractivity contribution >= 4 is 26.8 Å². The third kappa shape index (κ3) is 5.51. The second-order valence-corrected chi connectivity index (χ2v) is 6.03. The zero-order valence-corrected chi connectivity index (χ0v) is 9.43. The van der Waals surface area contributed by atoms with Gasteiger partial charge >= 0.3 is 21.1 Å². The Bertz CT molecular complexity index is 183. The van der Waals surface area contributed by atoms with Crippen LogP contribution in [0, 0.1) is 0 Å². The van der Waals surface area contributed by atoms with Crippen molar-refractivity contribution in [2.75, 3.05) is 0 Å². The summed E-state index contributed by atoms with van der Waals surface area (Å²) in [5.74, 6) is 0. The van der Waals surface area contributed by atoms with Crippen molar-refractivity contribution < 1.29 is 49.8 Å². The molecule has 0 aliphatic heterocycles. The van der Waals surface area contributed by atoms with Gasteiger partial charge in [0.25, 0.3) is 0 Å². The quantitative estimate of drug-likeness (QED) is 0.367. The number of hydrogen-bond acceptors (Lipinski definition) is 6. The predicted molar refractivity (Wildman–Crippen MR) is 24.9 cm³/mol. The molecule has 0 radical (unpaired) electrons. The van der Waals surface area contributed by atoms with Gasteiger partial charge in [-0.05, 0) is 15.2 Å². The summed E-state index contributed by atoms with van der Waals surface area (Å²) < 4.78 is 19.5. The Morgan fingerprint density at radius 1 is 1.00 bits per heavy atom. The zero-order chi connectivity index (χ0) is 8.58. The molecule has 0 aliphatic rings. The smallest absolute Gasteiger partial charge is 0.809 e. The van der Waals surface area contributed by atoms with Gasteiger partial charge in [0.15, 0.2) is 0 Å². The van der Waals surface area contributed by atoms with Crippen LogP contribution in [-0.4, -0.2) is 4.86 Å². The van der Waals surface area contributed by atoms with E-state index in [1.807, 2.05) is 0 Å². The van der Waals surface area contributed by atoms with E-state index in [9.17, 15) is 28.7 Å². The van der Waals surface area contributed by atoms with Crippen molar-refractivity contribution in [1.82, 2.24) is 0 Å². The first-order valence-electron chi connectivity index (χ1n) is 1.83. The number of rotatable bonds is 2. The topological polar surface area (TPSA) is 126 Å². The number of halogens is 1. The third-order valence-corrected chi connectivity index (χ3v) is 4.70. The van der Waals surface area contributed by atoms with Gasteiger partial charge in [-0.2, -0.15) is 0 Å². The maximum atomic E-state index is 9.75. The van der Waals surface area contributed by atoms with Crippen molar-refractivity contribution in [2.45, 2.75) is 4.86 Å². The molecule has 0 amide bonds. The first-order valence-corrected chi connectivity index (χ1v) is 5.49. The van der Waals surface area contributed by atoms with Gasteiger partial charge in [-0.3, -0.25) is 0 Å². The summed E-state index contributed by atoms with van der Waals surface area (Å²) in [5, 5.41) is 0. The SMILES string of the molecule is O=P([O-])([O-])C(Cl)P(=O)([O-])[O-].[Pt+4]. The zero-order valence-electron chi connectivity index (χ0n) is 4.62. The van der Waals surface area contributed by atoms with Crippen LogP contribution in [0.5, 0.6) is 0 Å². The minimum absolute atomic E-state index is 0. The molecule has 0 aromatic carbocycles. The maximum absolute atomic E-state index is 9.75. The third-order valence-electron chi connectivity index (χ3n) is 0.522. The van der Waals surface area contributed by atoms with Gasteiger partial charge in [0.2, 0.25) is 0 Å². The molecule has 0 aliphatic carbocycles. The van der Waals surface area contributed by atoms with Crippen molar-refractivity contribution in [2.24, 2.45) is 0 Å². The van der Waals surface area contributed by atoms with E-state index in [1.165, 1.54) is 0 Å². The molecule has 0 aromatic rings. The van der Waals surface area contributed by atoms with Gasteiger partial charge in [-0.1, -0.05) is 0 Å². The molecule has 0 spiro atoms. The molecule has 0 bridgehead atoms. The van der Waals surface area contributed by atoms with E-state index < -0.39 is 20.1 Å². The monoisotopic (exact) mass is 401 g/mol. The molecule has 0 N–H and O–H groups in total. The fourth-order valence-corrected chi connectivity index (χ4v) is 1.56. The van der Waals surface area contributed by atoms with Crippen molar-refractivity contribution in [3.8, 4) is 0 Å². The largest absolute Gasteiger partial charge is 4.00 e. The molecule has 0 fully saturated rings. The van der Waals surface area contributed by atoms with E-state index in [1.54, 1.807) is 0 Å². The molecule has 0 unspecified atom stereocenters. The van der Waals surface area contributed by atoms with Crippen molar-refractivity contribution in [3.05, 3.63) is 0 Å². The van der Waals surface area contributed by atoms with Gasteiger partial charge in [-0.15, -0.1) is 11.6 Å². The van der Waals surface area contributed by atoms with E-state index >= 15 is 0 Å². The van der Waals surface area contributed by atoms with Crippen molar-refractivity contribution in [1.29, 1.82) is 0 Å². The molecule has 68 valence electrons. The Balaban J connectivity index is 0. The van der Waals surface area contributed by atoms with Crippen LogP contribution in [0.2, 0.25) is 0 Å². The Labute approximate surface area is 81.5 Å². The van der Waals surface area contributed by atoms with Crippen LogP contribution in [0.25, 0.3) is 0 Å². The second kappa shape index (κ2) is 4.50. The minimum Gasteiger partial charge on any atom is -0.809 e. The molecule has 0 atom stereocenters. The maximum Gasteiger partial charge on any atom is 4.00 e. The van der Waals surface area contributed by atoms with Gasteiger partial charge < -0.3 is 28.7 Å². The van der Waals surface area contributed by atoms with Gasteiger partial charge in [-0.25, -0.2) is 0 Å². The van der Waals surface area contributed by atoms with Crippen molar-refractivity contribution in [3.63, 3.8) is 0 Å². The first-order chi connectivity index (χ1) is 4.15. The summed E-state index contributed by atoms with van der Waals surface area (Å²) >= 11 is 4.46. The molecule has 11 heavy (non-hydrogen) atoms. The summed E-state index contributed by atoms with van der Waals surface area (Å²) in [6.07, 6.45) is 0. The van der Waals surface area contributed by atoms with Crippen LogP contribution >= 0.6 is 26.8 Å². The average molecular weight is 401 g/mol. The Morgan fingerprint density at radius 2 is 1.18 bits per heavy atom. The van der Waals surface area contributed by atoms with E-state index in [0.717, 1.165) is 0 Å². The predicted octanol–water partition coefficient (Wildman–Crippen LogP) is -2.67. The fourth-order valence-electron chi connectivity index (χ4n) is 0.173. The Morgan fingerprint density at radius 3 is 1.18 bits per heavy atom. The molecular weight excluding hydrogens is 400 g/mol. The number of alkyl halides is 1. The molecule has 0 saturated carbocycles. The molecule has 0 saturated heterocycles. The molecular formula is CHClO6P2Pt. The molecule has 0 aromatic heterocycles. The van der Waals surface area contributed by atoms with Crippen LogP contribution in [-0.2, 0) is 30.2 Å². The van der Waals surface area contributed by atoms with E-state index in [2.05, 4.69) is 11.6 Å². The normalized spacial score (nSPS) is 12.9. The van der Waals surface area contributed by atoms with Crippen LogP contribution in [0.3, 0.4) is 0 Å². The van der Waals surface area contributed by atoms with E-state index in [-0.39, 0.29) is 21.1 Å². The summed E-state index contributed by atoms with van der Waals surface area (Å²) in [7, 11) is -11.0. The first kappa shape index (κ1) is 14.8. The van der Waals surface area contributed by atoms with E-state index in [4.69, 9.17) is 0 Å². The average Bonchev–Trinajstić information content (AvgIpc) is 1.59. The van der Waals surface area contributed by atoms with E-state index in [0.29, 0.717) is 0 Å². The molecule has 6 nitrogen and oxygen atoms in total. The van der Waals surface area contributed by atoms with Crippen LogP contribution < -0.4 is 19.6 Å². The van der Waals surface area contributed by atoms with Gasteiger partial charge in [0, 0.05) is 0 Å². The molecule has 0 rings (SSSR count). The van der Waals surface area contributed by atoms with Crippen LogP contribution in [0.15, 0.2) is 0 Å². The summed E-state index contributed by atoms with van der Waals surface area (Å²) in [6, 6.07) is 0. The fraction of sp³-hybridized carbons (Fsp3) is 1.00. The second-order valence-electron chi connectivity index (χ2n) is 1.39. The molecule has 10 heteroatoms. The summed E-state index contributed by atoms with van der Waals surface area (Å²) in [5.41, 5.74) is 0. The Kier molecular flexibility index (Phi) is 6.04. The minimum atomic E-state index is -5.50. The summed E-state index contributed by atoms with van der Waals surface area (Å²) in [6.45, 7) is 0. The van der Waals surface area contributed by atoms with Crippen LogP contribution in [0.4, 0.5) is 0 Å².